The van der Waals surface area contributed by atoms with Crippen LogP contribution in [0.25, 0.3) is 0 Å². The average Bonchev–Trinajstić information content (AvgIpc) is 2.58. The summed E-state index contributed by atoms with van der Waals surface area (Å²) < 4.78 is 5.44. The van der Waals surface area contributed by atoms with Gasteiger partial charge in [0.05, 0.1) is 13.2 Å². The van der Waals surface area contributed by atoms with Gasteiger partial charge < -0.3 is 15.4 Å². The molecule has 5 heteroatoms. The van der Waals surface area contributed by atoms with Gasteiger partial charge in [0, 0.05) is 32.2 Å². The van der Waals surface area contributed by atoms with E-state index in [9.17, 15) is 4.79 Å². The van der Waals surface area contributed by atoms with Crippen molar-refractivity contribution in [1.29, 1.82) is 0 Å². The Morgan fingerprint density at radius 2 is 1.83 bits per heavy atom. The summed E-state index contributed by atoms with van der Waals surface area (Å²) in [6.07, 6.45) is 1.08. The highest BCUT2D eigenvalue weighted by atomic mass is 16.5. The van der Waals surface area contributed by atoms with Crippen LogP contribution in [0.4, 0.5) is 4.79 Å². The maximum absolute atomic E-state index is 12.1. The third-order valence-electron chi connectivity index (χ3n) is 4.38. The van der Waals surface area contributed by atoms with Gasteiger partial charge in [-0.15, -0.1) is 0 Å². The summed E-state index contributed by atoms with van der Waals surface area (Å²) in [5.41, 5.74) is 2.34. The summed E-state index contributed by atoms with van der Waals surface area (Å²) in [5.74, 6) is 0.607. The Morgan fingerprint density at radius 1 is 1.17 bits per heavy atom. The Kier molecular flexibility index (Phi) is 7.53. The summed E-state index contributed by atoms with van der Waals surface area (Å²) in [4.78, 5) is 14.5. The molecule has 1 atom stereocenters. The molecule has 1 aliphatic heterocycles. The maximum atomic E-state index is 12.1. The second-order valence-corrected chi connectivity index (χ2v) is 6.98. The zero-order valence-electron chi connectivity index (χ0n) is 15.2. The van der Waals surface area contributed by atoms with Gasteiger partial charge in [-0.1, -0.05) is 43.7 Å². The molecule has 0 bridgehead atoms. The van der Waals surface area contributed by atoms with Crippen LogP contribution >= 0.6 is 0 Å². The van der Waals surface area contributed by atoms with E-state index in [1.54, 1.807) is 0 Å². The van der Waals surface area contributed by atoms with Crippen LogP contribution in [0.2, 0.25) is 0 Å². The lowest BCUT2D eigenvalue weighted by molar-refractivity contribution is 0.0129. The quantitative estimate of drug-likeness (QED) is 0.806. The lowest BCUT2D eigenvalue weighted by Crippen LogP contribution is -2.50. The molecule has 2 rings (SSSR count). The molecule has 1 fully saturated rings. The van der Waals surface area contributed by atoms with Crippen LogP contribution in [0.5, 0.6) is 0 Å². The number of morpholine rings is 1. The highest BCUT2D eigenvalue weighted by Gasteiger charge is 2.22. The van der Waals surface area contributed by atoms with Crippen molar-refractivity contribution in [3.8, 4) is 0 Å². The molecular weight excluding hydrogens is 302 g/mol. The molecule has 2 N–H and O–H groups in total. The first-order valence-corrected chi connectivity index (χ1v) is 8.93. The topological polar surface area (TPSA) is 53.6 Å². The fourth-order valence-corrected chi connectivity index (χ4v) is 3.01. The number of carbonyl (C=O) groups is 1. The number of nitrogens with one attached hydrogen (secondary N) is 2. The van der Waals surface area contributed by atoms with Crippen LogP contribution in [0.15, 0.2) is 24.3 Å². The summed E-state index contributed by atoms with van der Waals surface area (Å²) >= 11 is 0. The lowest BCUT2D eigenvalue weighted by Gasteiger charge is -2.35. The first-order chi connectivity index (χ1) is 11.5. The number of aryl methyl sites for hydroxylation is 1. The summed E-state index contributed by atoms with van der Waals surface area (Å²) in [7, 11) is 0. The number of benzene rings is 1. The van der Waals surface area contributed by atoms with Gasteiger partial charge in [-0.05, 0) is 24.8 Å². The van der Waals surface area contributed by atoms with Crippen molar-refractivity contribution in [1.82, 2.24) is 15.5 Å². The van der Waals surface area contributed by atoms with Crippen LogP contribution in [-0.2, 0) is 11.3 Å². The number of carbonyl (C=O) groups excluding carboxylic acids is 1. The number of urea groups is 1. The fourth-order valence-electron chi connectivity index (χ4n) is 3.01. The molecule has 134 valence electrons. The van der Waals surface area contributed by atoms with Crippen LogP contribution < -0.4 is 10.6 Å². The average molecular weight is 333 g/mol. The van der Waals surface area contributed by atoms with E-state index in [1.807, 2.05) is 12.1 Å². The van der Waals surface area contributed by atoms with Crippen molar-refractivity contribution in [3.05, 3.63) is 35.4 Å². The summed E-state index contributed by atoms with van der Waals surface area (Å²) in [6.45, 7) is 11.2. The Balaban J connectivity index is 1.77. The van der Waals surface area contributed by atoms with E-state index >= 15 is 0 Å². The molecule has 1 aromatic rings. The zero-order chi connectivity index (χ0) is 17.4. The van der Waals surface area contributed by atoms with Crippen molar-refractivity contribution in [2.45, 2.75) is 39.8 Å². The smallest absolute Gasteiger partial charge is 0.315 e. The number of nitrogens with zero attached hydrogens (tertiary/aromatic N) is 1. The van der Waals surface area contributed by atoms with Gasteiger partial charge in [0.2, 0.25) is 0 Å². The minimum Gasteiger partial charge on any atom is -0.379 e. The third kappa shape index (κ3) is 6.49. The molecule has 24 heavy (non-hydrogen) atoms. The number of ether oxygens (including phenoxy) is 1. The van der Waals surface area contributed by atoms with Crippen molar-refractivity contribution in [2.75, 3.05) is 32.8 Å². The molecule has 2 amide bonds. The minimum absolute atomic E-state index is 0.0995. The standard InChI is InChI=1S/C19H31N3O2/c1-15(2)12-18(22-8-10-24-11-9-22)14-21-19(23)20-13-17-6-4-16(3)5-7-17/h4-7,15,18H,8-14H2,1-3H3,(H2,20,21,23)/t18-/m1/s1. The predicted octanol–water partition coefficient (Wildman–Crippen LogP) is 2.54. The van der Waals surface area contributed by atoms with Gasteiger partial charge >= 0.3 is 6.03 Å². The minimum atomic E-state index is -0.0995. The third-order valence-corrected chi connectivity index (χ3v) is 4.38. The SMILES string of the molecule is Cc1ccc(CNC(=O)NC[C@@H](CC(C)C)N2CCOCC2)cc1. The number of rotatable bonds is 7. The van der Waals surface area contributed by atoms with E-state index in [4.69, 9.17) is 4.74 Å². The Hall–Kier alpha value is -1.59. The molecule has 1 aromatic carbocycles. The molecule has 0 aromatic heterocycles. The monoisotopic (exact) mass is 333 g/mol. The van der Waals surface area contributed by atoms with Gasteiger partial charge in [0.1, 0.15) is 0 Å². The van der Waals surface area contributed by atoms with E-state index < -0.39 is 0 Å². The molecule has 1 saturated heterocycles. The highest BCUT2D eigenvalue weighted by molar-refractivity contribution is 5.73. The normalized spacial score (nSPS) is 16.8. The summed E-state index contributed by atoms with van der Waals surface area (Å²) in [6, 6.07) is 8.49. The zero-order valence-corrected chi connectivity index (χ0v) is 15.2. The Labute approximate surface area is 145 Å². The second-order valence-electron chi connectivity index (χ2n) is 6.98. The van der Waals surface area contributed by atoms with E-state index in [0.717, 1.165) is 38.3 Å². The molecule has 0 aliphatic carbocycles. The highest BCUT2D eigenvalue weighted by Crippen LogP contribution is 2.13. The number of amides is 2. The molecule has 5 nitrogen and oxygen atoms in total. The van der Waals surface area contributed by atoms with Gasteiger partial charge in [-0.2, -0.15) is 0 Å². The van der Waals surface area contributed by atoms with Gasteiger partial charge in [-0.3, -0.25) is 4.90 Å². The van der Waals surface area contributed by atoms with Crippen LogP contribution in [0, 0.1) is 12.8 Å². The molecule has 0 saturated carbocycles. The predicted molar refractivity (Wildman–Crippen MR) is 97.1 cm³/mol. The first-order valence-electron chi connectivity index (χ1n) is 8.93. The number of hydrogen-bond donors (Lipinski definition) is 2. The van der Waals surface area contributed by atoms with Crippen molar-refractivity contribution in [2.24, 2.45) is 5.92 Å². The second kappa shape index (κ2) is 9.64. The van der Waals surface area contributed by atoms with E-state index in [2.05, 4.69) is 48.4 Å². The van der Waals surface area contributed by atoms with Crippen LogP contribution in [-0.4, -0.2) is 49.8 Å². The van der Waals surface area contributed by atoms with E-state index in [0.29, 0.717) is 25.0 Å². The van der Waals surface area contributed by atoms with E-state index in [-0.39, 0.29) is 6.03 Å². The van der Waals surface area contributed by atoms with Gasteiger partial charge in [0.25, 0.3) is 0 Å². The van der Waals surface area contributed by atoms with Crippen LogP contribution in [0.1, 0.15) is 31.4 Å². The van der Waals surface area contributed by atoms with Gasteiger partial charge in [0.15, 0.2) is 0 Å². The molecule has 0 spiro atoms. The molecule has 0 radical (unpaired) electrons. The lowest BCUT2D eigenvalue weighted by atomic mass is 10.0. The Bertz CT molecular complexity index is 496. The van der Waals surface area contributed by atoms with Gasteiger partial charge in [-0.25, -0.2) is 4.79 Å². The fraction of sp³-hybridized carbons (Fsp3) is 0.632. The Morgan fingerprint density at radius 3 is 2.46 bits per heavy atom. The first kappa shape index (κ1) is 18.7. The maximum Gasteiger partial charge on any atom is 0.315 e. The van der Waals surface area contributed by atoms with Crippen molar-refractivity contribution in [3.63, 3.8) is 0 Å². The van der Waals surface area contributed by atoms with Crippen molar-refractivity contribution >= 4 is 6.03 Å². The van der Waals surface area contributed by atoms with E-state index in [1.165, 1.54) is 5.56 Å². The molecule has 0 unspecified atom stereocenters. The molecule has 1 aliphatic rings. The molecule has 1 heterocycles. The van der Waals surface area contributed by atoms with Crippen molar-refractivity contribution < 1.29 is 9.53 Å². The largest absolute Gasteiger partial charge is 0.379 e. The van der Waals surface area contributed by atoms with Crippen LogP contribution in [0.3, 0.4) is 0 Å². The summed E-state index contributed by atoms with van der Waals surface area (Å²) in [5, 5.41) is 5.97. The number of hydrogen-bond acceptors (Lipinski definition) is 3. The molecular formula is C19H31N3O2.